The predicted molar refractivity (Wildman–Crippen MR) is 82.2 cm³/mol. The molecule has 0 aliphatic carbocycles. The number of aromatic nitrogens is 2. The standard InChI is InChI=1S/C16H21N3O2/c1-10(16-11(2)18-19(4)12(16)3)17-13-5-6-14-15(9-13)21-8-7-20-14/h5-6,9-10,17H,7-8H2,1-4H3. The number of nitrogens with one attached hydrogen (secondary N) is 1. The van der Waals surface area contributed by atoms with Gasteiger partial charge >= 0.3 is 0 Å². The van der Waals surface area contributed by atoms with Crippen LogP contribution in [0.3, 0.4) is 0 Å². The fourth-order valence-electron chi connectivity index (χ4n) is 2.87. The largest absolute Gasteiger partial charge is 0.486 e. The molecule has 2 heterocycles. The van der Waals surface area contributed by atoms with Gasteiger partial charge in [0.15, 0.2) is 11.5 Å². The Hall–Kier alpha value is -2.17. The quantitative estimate of drug-likeness (QED) is 0.943. The van der Waals surface area contributed by atoms with Crippen molar-refractivity contribution in [2.24, 2.45) is 7.05 Å². The molecule has 1 aromatic heterocycles. The van der Waals surface area contributed by atoms with Crippen LogP contribution in [-0.4, -0.2) is 23.0 Å². The van der Waals surface area contributed by atoms with Crippen LogP contribution in [0, 0.1) is 13.8 Å². The van der Waals surface area contributed by atoms with Gasteiger partial charge in [0.1, 0.15) is 13.2 Å². The van der Waals surface area contributed by atoms with E-state index in [4.69, 9.17) is 9.47 Å². The van der Waals surface area contributed by atoms with Gasteiger partial charge < -0.3 is 14.8 Å². The molecule has 2 aromatic rings. The minimum Gasteiger partial charge on any atom is -0.486 e. The monoisotopic (exact) mass is 287 g/mol. The molecule has 0 bridgehead atoms. The van der Waals surface area contributed by atoms with Gasteiger partial charge in [-0.2, -0.15) is 5.10 Å². The van der Waals surface area contributed by atoms with Crippen molar-refractivity contribution in [2.45, 2.75) is 26.8 Å². The summed E-state index contributed by atoms with van der Waals surface area (Å²) in [7, 11) is 1.97. The van der Waals surface area contributed by atoms with E-state index in [0.29, 0.717) is 13.2 Å². The van der Waals surface area contributed by atoms with Crippen molar-refractivity contribution < 1.29 is 9.47 Å². The van der Waals surface area contributed by atoms with Crippen molar-refractivity contribution in [3.8, 4) is 11.5 Å². The molecule has 0 amide bonds. The van der Waals surface area contributed by atoms with Crippen LogP contribution in [0.2, 0.25) is 0 Å². The fraction of sp³-hybridized carbons (Fsp3) is 0.438. The lowest BCUT2D eigenvalue weighted by Crippen LogP contribution is -2.15. The molecule has 5 nitrogen and oxygen atoms in total. The van der Waals surface area contributed by atoms with Gasteiger partial charge in [0.2, 0.25) is 0 Å². The first-order valence-corrected chi connectivity index (χ1v) is 7.22. The minimum atomic E-state index is 0.182. The normalized spacial score (nSPS) is 14.9. The van der Waals surface area contributed by atoms with Gasteiger partial charge in [-0.1, -0.05) is 0 Å². The van der Waals surface area contributed by atoms with Crippen molar-refractivity contribution in [3.05, 3.63) is 35.2 Å². The average molecular weight is 287 g/mol. The van der Waals surface area contributed by atoms with Gasteiger partial charge in [0.25, 0.3) is 0 Å². The highest BCUT2D eigenvalue weighted by Gasteiger charge is 2.17. The second-order valence-corrected chi connectivity index (χ2v) is 5.43. The van der Waals surface area contributed by atoms with Gasteiger partial charge in [-0.05, 0) is 32.9 Å². The van der Waals surface area contributed by atoms with Gasteiger partial charge in [0, 0.05) is 30.1 Å². The zero-order chi connectivity index (χ0) is 15.0. The third kappa shape index (κ3) is 2.55. The number of nitrogens with zero attached hydrogens (tertiary/aromatic N) is 2. The highest BCUT2D eigenvalue weighted by atomic mass is 16.6. The first kappa shape index (κ1) is 13.8. The summed E-state index contributed by atoms with van der Waals surface area (Å²) < 4.78 is 13.1. The molecule has 0 saturated heterocycles. The molecule has 1 aromatic carbocycles. The van der Waals surface area contributed by atoms with E-state index in [-0.39, 0.29) is 6.04 Å². The first-order valence-electron chi connectivity index (χ1n) is 7.22. The SMILES string of the molecule is Cc1nn(C)c(C)c1C(C)Nc1ccc2c(c1)OCCO2. The van der Waals surface area contributed by atoms with Crippen LogP contribution in [0.15, 0.2) is 18.2 Å². The number of rotatable bonds is 3. The summed E-state index contributed by atoms with van der Waals surface area (Å²) >= 11 is 0. The molecule has 1 unspecified atom stereocenters. The maximum Gasteiger partial charge on any atom is 0.163 e. The Kier molecular flexibility index (Phi) is 3.49. The minimum absolute atomic E-state index is 0.182. The molecular weight excluding hydrogens is 266 g/mol. The van der Waals surface area contributed by atoms with Crippen molar-refractivity contribution in [3.63, 3.8) is 0 Å². The van der Waals surface area contributed by atoms with Gasteiger partial charge in [-0.3, -0.25) is 4.68 Å². The molecule has 21 heavy (non-hydrogen) atoms. The first-order chi connectivity index (χ1) is 10.1. The van der Waals surface area contributed by atoms with Crippen LogP contribution in [0.5, 0.6) is 11.5 Å². The number of benzene rings is 1. The molecule has 1 N–H and O–H groups in total. The van der Waals surface area contributed by atoms with Crippen molar-refractivity contribution in [2.75, 3.05) is 18.5 Å². The van der Waals surface area contributed by atoms with Crippen LogP contribution >= 0.6 is 0 Å². The molecular formula is C16H21N3O2. The summed E-state index contributed by atoms with van der Waals surface area (Å²) in [4.78, 5) is 0. The fourth-order valence-corrected chi connectivity index (χ4v) is 2.87. The molecule has 5 heteroatoms. The second kappa shape index (κ2) is 5.31. The molecule has 1 aliphatic rings. The molecule has 0 saturated carbocycles. The summed E-state index contributed by atoms with van der Waals surface area (Å²) in [6.07, 6.45) is 0. The van der Waals surface area contributed by atoms with Crippen LogP contribution in [0.1, 0.15) is 29.9 Å². The Bertz CT molecular complexity index is 664. The van der Waals surface area contributed by atoms with E-state index in [9.17, 15) is 0 Å². The summed E-state index contributed by atoms with van der Waals surface area (Å²) in [6.45, 7) is 7.51. The highest BCUT2D eigenvalue weighted by Crippen LogP contribution is 2.34. The molecule has 112 valence electrons. The number of aryl methyl sites for hydroxylation is 2. The Morgan fingerprint density at radius 3 is 2.57 bits per heavy atom. The molecule has 0 radical (unpaired) electrons. The van der Waals surface area contributed by atoms with E-state index < -0.39 is 0 Å². The maximum absolute atomic E-state index is 5.62. The third-order valence-electron chi connectivity index (χ3n) is 3.92. The predicted octanol–water partition coefficient (Wildman–Crippen LogP) is 2.98. The number of anilines is 1. The van der Waals surface area contributed by atoms with E-state index in [1.165, 1.54) is 11.3 Å². The maximum atomic E-state index is 5.62. The smallest absolute Gasteiger partial charge is 0.163 e. The van der Waals surface area contributed by atoms with E-state index in [2.05, 4.69) is 24.3 Å². The molecule has 0 fully saturated rings. The Labute approximate surface area is 124 Å². The zero-order valence-electron chi connectivity index (χ0n) is 12.9. The summed E-state index contributed by atoms with van der Waals surface area (Å²) in [6, 6.07) is 6.14. The van der Waals surface area contributed by atoms with Crippen molar-refractivity contribution in [1.29, 1.82) is 0 Å². The van der Waals surface area contributed by atoms with Gasteiger partial charge in [-0.15, -0.1) is 0 Å². The Morgan fingerprint density at radius 1 is 1.19 bits per heavy atom. The Morgan fingerprint density at radius 2 is 1.90 bits per heavy atom. The number of hydrogen-bond acceptors (Lipinski definition) is 4. The van der Waals surface area contributed by atoms with Crippen LogP contribution in [0.4, 0.5) is 5.69 Å². The van der Waals surface area contributed by atoms with E-state index in [0.717, 1.165) is 22.9 Å². The zero-order valence-corrected chi connectivity index (χ0v) is 12.9. The van der Waals surface area contributed by atoms with E-state index in [1.54, 1.807) is 0 Å². The van der Waals surface area contributed by atoms with Gasteiger partial charge in [-0.25, -0.2) is 0 Å². The number of ether oxygens (including phenoxy) is 2. The van der Waals surface area contributed by atoms with Gasteiger partial charge in [0.05, 0.1) is 11.7 Å². The number of fused-ring (bicyclic) bond motifs is 1. The van der Waals surface area contributed by atoms with Crippen LogP contribution < -0.4 is 14.8 Å². The Balaban J connectivity index is 1.83. The molecule has 1 aliphatic heterocycles. The van der Waals surface area contributed by atoms with Crippen molar-refractivity contribution >= 4 is 5.69 Å². The highest BCUT2D eigenvalue weighted by molar-refractivity contribution is 5.56. The lowest BCUT2D eigenvalue weighted by Gasteiger charge is -2.21. The summed E-state index contributed by atoms with van der Waals surface area (Å²) in [5.74, 6) is 1.62. The number of hydrogen-bond donors (Lipinski definition) is 1. The van der Waals surface area contributed by atoms with Crippen LogP contribution in [-0.2, 0) is 7.05 Å². The van der Waals surface area contributed by atoms with E-state index >= 15 is 0 Å². The lowest BCUT2D eigenvalue weighted by molar-refractivity contribution is 0.171. The third-order valence-corrected chi connectivity index (χ3v) is 3.92. The molecule has 1 atom stereocenters. The topological polar surface area (TPSA) is 48.3 Å². The van der Waals surface area contributed by atoms with E-state index in [1.807, 2.05) is 36.9 Å². The summed E-state index contributed by atoms with van der Waals surface area (Å²) in [5.41, 5.74) is 4.51. The van der Waals surface area contributed by atoms with Crippen LogP contribution in [0.25, 0.3) is 0 Å². The molecule has 0 spiro atoms. The summed E-state index contributed by atoms with van der Waals surface area (Å²) in [5, 5.41) is 7.99. The second-order valence-electron chi connectivity index (χ2n) is 5.43. The molecule has 3 rings (SSSR count). The van der Waals surface area contributed by atoms with Crippen molar-refractivity contribution in [1.82, 2.24) is 9.78 Å². The lowest BCUT2D eigenvalue weighted by atomic mass is 10.1. The average Bonchev–Trinajstić information content (AvgIpc) is 2.72.